The molecule has 1 N–H and O–H groups in total. The standard InChI is InChI=1S/C7H12FNO3/c1-12-6-2-3-9(7(10)11)4-5(6)8/h5-6H,2-4H2,1H3,(H,10,11)/t5-,6+/m0/s1/i1D3. The zero-order valence-corrected chi connectivity index (χ0v) is 6.36. The van der Waals surface area contributed by atoms with Crippen LogP contribution in [0.5, 0.6) is 0 Å². The fourth-order valence-electron chi connectivity index (χ4n) is 1.19. The molecule has 1 fully saturated rings. The number of methoxy groups -OCH3 is 1. The first-order valence-electron chi connectivity index (χ1n) is 5.09. The molecule has 5 heteroatoms. The van der Waals surface area contributed by atoms with Gasteiger partial charge in [-0.2, -0.15) is 0 Å². The van der Waals surface area contributed by atoms with Gasteiger partial charge in [-0.3, -0.25) is 0 Å². The quantitative estimate of drug-likeness (QED) is 0.647. The average Bonchev–Trinajstić information content (AvgIpc) is 2.05. The maximum absolute atomic E-state index is 13.3. The number of hydrogen-bond donors (Lipinski definition) is 1. The van der Waals surface area contributed by atoms with Gasteiger partial charge in [-0.05, 0) is 6.42 Å². The topological polar surface area (TPSA) is 49.8 Å². The molecular formula is C7H12FNO3. The van der Waals surface area contributed by atoms with Gasteiger partial charge in [0, 0.05) is 13.6 Å². The molecule has 0 aromatic rings. The number of nitrogens with zero attached hydrogens (tertiary/aromatic N) is 1. The Balaban J connectivity index is 2.49. The van der Waals surface area contributed by atoms with Crippen molar-refractivity contribution in [3.8, 4) is 0 Å². The maximum Gasteiger partial charge on any atom is 0.407 e. The van der Waals surface area contributed by atoms with Gasteiger partial charge in [-0.25, -0.2) is 9.18 Å². The molecule has 0 spiro atoms. The minimum Gasteiger partial charge on any atom is -0.465 e. The molecule has 12 heavy (non-hydrogen) atoms. The Morgan fingerprint density at radius 3 is 3.17 bits per heavy atom. The Morgan fingerprint density at radius 1 is 1.92 bits per heavy atom. The molecule has 0 aliphatic carbocycles. The molecule has 0 bridgehead atoms. The molecule has 4 nitrogen and oxygen atoms in total. The smallest absolute Gasteiger partial charge is 0.407 e. The highest BCUT2D eigenvalue weighted by molar-refractivity contribution is 5.65. The Bertz CT molecular complexity index is 248. The average molecular weight is 180 g/mol. The number of hydrogen-bond acceptors (Lipinski definition) is 2. The van der Waals surface area contributed by atoms with Gasteiger partial charge < -0.3 is 14.7 Å². The summed E-state index contributed by atoms with van der Waals surface area (Å²) in [7, 11) is -2.64. The molecule has 0 aromatic carbocycles. The van der Waals surface area contributed by atoms with E-state index in [0.29, 0.717) is 0 Å². The molecular weight excluding hydrogens is 165 g/mol. The number of likely N-dealkylation sites (tertiary alicyclic amines) is 1. The van der Waals surface area contributed by atoms with Crippen molar-refractivity contribution < 1.29 is 23.1 Å². The van der Waals surface area contributed by atoms with Crippen molar-refractivity contribution in [3.05, 3.63) is 0 Å². The van der Waals surface area contributed by atoms with E-state index < -0.39 is 25.4 Å². The zero-order valence-electron chi connectivity index (χ0n) is 9.36. The number of alkyl halides is 1. The summed E-state index contributed by atoms with van der Waals surface area (Å²) in [6.45, 7) is -0.243. The summed E-state index contributed by atoms with van der Waals surface area (Å²) < 4.78 is 38.3. The Kier molecular flexibility index (Phi) is 1.78. The van der Waals surface area contributed by atoms with Crippen molar-refractivity contribution in [1.82, 2.24) is 4.90 Å². The minimum atomic E-state index is -2.64. The fourth-order valence-corrected chi connectivity index (χ4v) is 1.19. The SMILES string of the molecule is [2H]C([2H])([2H])O[C@@H]1CCN(C(=O)O)C[C@@H]1F. The Labute approximate surface area is 74.1 Å². The lowest BCUT2D eigenvalue weighted by Crippen LogP contribution is -2.47. The monoisotopic (exact) mass is 180 g/mol. The van der Waals surface area contributed by atoms with Gasteiger partial charge in [-0.15, -0.1) is 0 Å². The molecule has 1 heterocycles. The molecule has 0 aromatic heterocycles. The van der Waals surface area contributed by atoms with Gasteiger partial charge in [0.15, 0.2) is 0 Å². The summed E-state index contributed by atoms with van der Waals surface area (Å²) in [4.78, 5) is 11.4. The molecule has 1 saturated heterocycles. The lowest BCUT2D eigenvalue weighted by atomic mass is 10.1. The summed E-state index contributed by atoms with van der Waals surface area (Å²) in [5.41, 5.74) is 0. The number of piperidine rings is 1. The molecule has 70 valence electrons. The highest BCUT2D eigenvalue weighted by atomic mass is 19.1. The number of halogens is 1. The van der Waals surface area contributed by atoms with Crippen molar-refractivity contribution in [3.63, 3.8) is 0 Å². The normalized spacial score (nSPS) is 35.1. The highest BCUT2D eigenvalue weighted by Crippen LogP contribution is 2.16. The van der Waals surface area contributed by atoms with Crippen LogP contribution in [0.2, 0.25) is 0 Å². The Hall–Kier alpha value is -0.840. The van der Waals surface area contributed by atoms with Crippen LogP contribution >= 0.6 is 0 Å². The second-order valence-corrected chi connectivity index (χ2v) is 2.69. The van der Waals surface area contributed by atoms with Crippen LogP contribution in [-0.4, -0.2) is 48.5 Å². The van der Waals surface area contributed by atoms with Gasteiger partial charge >= 0.3 is 6.09 Å². The van der Waals surface area contributed by atoms with Gasteiger partial charge in [0.2, 0.25) is 0 Å². The first-order chi connectivity index (χ1) is 6.79. The third kappa shape index (κ3) is 1.85. The van der Waals surface area contributed by atoms with Crippen LogP contribution in [-0.2, 0) is 4.74 Å². The van der Waals surface area contributed by atoms with E-state index in [-0.39, 0.29) is 19.5 Å². The van der Waals surface area contributed by atoms with E-state index in [0.717, 1.165) is 4.90 Å². The van der Waals surface area contributed by atoms with E-state index >= 15 is 0 Å². The lowest BCUT2D eigenvalue weighted by molar-refractivity contribution is -0.0175. The molecule has 1 rings (SSSR count). The first kappa shape index (κ1) is 5.75. The van der Waals surface area contributed by atoms with E-state index in [1.165, 1.54) is 0 Å². The third-order valence-corrected chi connectivity index (χ3v) is 1.90. The van der Waals surface area contributed by atoms with Crippen molar-refractivity contribution in [2.45, 2.75) is 18.7 Å². The summed E-state index contributed by atoms with van der Waals surface area (Å²) in [5, 5.41) is 8.58. The summed E-state index contributed by atoms with van der Waals surface area (Å²) in [5.74, 6) is 0. The summed E-state index contributed by atoms with van der Waals surface area (Å²) in [6, 6.07) is 0. The van der Waals surface area contributed by atoms with Crippen LogP contribution in [0.3, 0.4) is 0 Å². The van der Waals surface area contributed by atoms with E-state index in [9.17, 15) is 9.18 Å². The molecule has 0 saturated carbocycles. The van der Waals surface area contributed by atoms with Gasteiger partial charge in [0.05, 0.1) is 16.8 Å². The number of rotatable bonds is 1. The van der Waals surface area contributed by atoms with Crippen LogP contribution < -0.4 is 0 Å². The maximum atomic E-state index is 13.3. The van der Waals surface area contributed by atoms with E-state index in [1.54, 1.807) is 0 Å². The largest absolute Gasteiger partial charge is 0.465 e. The van der Waals surface area contributed by atoms with E-state index in [2.05, 4.69) is 4.74 Å². The van der Waals surface area contributed by atoms with Crippen molar-refractivity contribution in [2.24, 2.45) is 0 Å². The van der Waals surface area contributed by atoms with Crippen LogP contribution in [0.25, 0.3) is 0 Å². The molecule has 1 amide bonds. The van der Waals surface area contributed by atoms with Crippen LogP contribution in [0.15, 0.2) is 0 Å². The number of carboxylic acid groups (broad SMARTS) is 1. The molecule has 1 aliphatic rings. The molecule has 1 aliphatic heterocycles. The van der Waals surface area contributed by atoms with Crippen LogP contribution in [0.4, 0.5) is 9.18 Å². The second kappa shape index (κ2) is 3.71. The predicted molar refractivity (Wildman–Crippen MR) is 39.9 cm³/mol. The minimum absolute atomic E-state index is 0.0614. The van der Waals surface area contributed by atoms with Gasteiger partial charge in [0.25, 0.3) is 0 Å². The van der Waals surface area contributed by atoms with Gasteiger partial charge in [0.1, 0.15) is 6.17 Å². The van der Waals surface area contributed by atoms with Crippen LogP contribution in [0.1, 0.15) is 10.5 Å². The number of amides is 1. The summed E-state index contributed by atoms with van der Waals surface area (Å²) >= 11 is 0. The van der Waals surface area contributed by atoms with Gasteiger partial charge in [-0.1, -0.05) is 0 Å². The molecule has 0 radical (unpaired) electrons. The van der Waals surface area contributed by atoms with E-state index in [1.807, 2.05) is 0 Å². The van der Waals surface area contributed by atoms with Crippen molar-refractivity contribution in [1.29, 1.82) is 0 Å². The van der Waals surface area contributed by atoms with Crippen LogP contribution in [0, 0.1) is 0 Å². The summed E-state index contributed by atoms with van der Waals surface area (Å²) in [6.07, 6.45) is -3.78. The Morgan fingerprint density at radius 2 is 2.67 bits per heavy atom. The predicted octanol–water partition coefficient (Wildman–Crippen LogP) is 0.723. The first-order valence-corrected chi connectivity index (χ1v) is 3.59. The fraction of sp³-hybridized carbons (Fsp3) is 0.857. The lowest BCUT2D eigenvalue weighted by Gasteiger charge is -2.31. The zero-order chi connectivity index (χ0) is 11.6. The highest BCUT2D eigenvalue weighted by Gasteiger charge is 2.31. The number of carbonyl (C=O) groups is 1. The number of ether oxygens (including phenoxy) is 1. The second-order valence-electron chi connectivity index (χ2n) is 2.69. The van der Waals surface area contributed by atoms with Crippen molar-refractivity contribution >= 4 is 6.09 Å². The van der Waals surface area contributed by atoms with E-state index in [4.69, 9.17) is 9.22 Å². The third-order valence-electron chi connectivity index (χ3n) is 1.90. The molecule has 2 atom stereocenters. The van der Waals surface area contributed by atoms with Crippen molar-refractivity contribution in [2.75, 3.05) is 20.1 Å². The molecule has 0 unspecified atom stereocenters.